The van der Waals surface area contributed by atoms with Crippen LogP contribution in [0.25, 0.3) is 0 Å². The lowest BCUT2D eigenvalue weighted by Crippen LogP contribution is -2.48. The fraction of sp³-hybridized carbons (Fsp3) is 0.697. The molecular weight excluding hydrogens is 666 g/mol. The summed E-state index contributed by atoms with van der Waals surface area (Å²) in [5, 5.41) is 0. The second-order valence-electron chi connectivity index (χ2n) is 14.4. The molecule has 45 heavy (non-hydrogen) atoms. The largest absolute Gasteiger partial charge is 0.469 e. The molecule has 3 saturated carbocycles. The van der Waals surface area contributed by atoms with Crippen LogP contribution in [0.5, 0.6) is 0 Å². The van der Waals surface area contributed by atoms with Crippen LogP contribution in [0.2, 0.25) is 0 Å². The maximum atomic E-state index is 14.3. The predicted octanol–water partition coefficient (Wildman–Crippen LogP) is 5.07. The van der Waals surface area contributed by atoms with Gasteiger partial charge in [-0.3, -0.25) is 23.4 Å². The van der Waals surface area contributed by atoms with Crippen LogP contribution in [-0.2, 0) is 43.0 Å². The Hall–Kier alpha value is -2.31. The number of carbonyl (C=O) groups is 4. The van der Waals surface area contributed by atoms with E-state index in [0.29, 0.717) is 29.2 Å². The SMILES string of the molecule is CCC1C[C@]1(CC(=O)[C@@H]1C[C@H](OS(=O)(=O)c2ccc(Br)cc2)CN1C(=O)[C@@H](CC(=O)OC1C[C@@H]2C[C@@H]2C1)C(C)(C)C)C(=O)OC. The summed E-state index contributed by atoms with van der Waals surface area (Å²) in [5.74, 6) is -1.25. The molecule has 4 aliphatic rings. The van der Waals surface area contributed by atoms with Gasteiger partial charge < -0.3 is 14.4 Å². The molecular formula is C33H44BrNO9S. The third-order valence-electron chi connectivity index (χ3n) is 10.3. The summed E-state index contributed by atoms with van der Waals surface area (Å²) in [7, 11) is -2.92. The van der Waals surface area contributed by atoms with E-state index in [2.05, 4.69) is 15.9 Å². The second-order valence-corrected chi connectivity index (χ2v) is 16.9. The van der Waals surface area contributed by atoms with Crippen LogP contribution in [0.1, 0.15) is 79.1 Å². The van der Waals surface area contributed by atoms with Gasteiger partial charge in [0.15, 0.2) is 5.78 Å². The molecule has 1 aromatic carbocycles. The number of methoxy groups -OCH3 is 1. The molecule has 5 rings (SSSR count). The average Bonchev–Trinajstić information content (AvgIpc) is 3.78. The molecule has 2 unspecified atom stereocenters. The Morgan fingerprint density at radius 2 is 1.67 bits per heavy atom. The quantitative estimate of drug-likeness (QED) is 0.216. The molecule has 10 nitrogen and oxygen atoms in total. The number of hydrogen-bond donors (Lipinski definition) is 0. The highest BCUT2D eigenvalue weighted by Crippen LogP contribution is 2.58. The number of amides is 1. The van der Waals surface area contributed by atoms with Crippen molar-refractivity contribution in [2.75, 3.05) is 13.7 Å². The molecule has 0 N–H and O–H groups in total. The fourth-order valence-electron chi connectivity index (χ4n) is 7.46. The monoisotopic (exact) mass is 709 g/mol. The van der Waals surface area contributed by atoms with Gasteiger partial charge >= 0.3 is 11.9 Å². The molecule has 1 heterocycles. The minimum atomic E-state index is -4.21. The number of hydrogen-bond acceptors (Lipinski definition) is 9. The number of fused-ring (bicyclic) bond motifs is 1. The number of likely N-dealkylation sites (tertiary alicyclic amines) is 1. The number of ketones is 1. The minimum absolute atomic E-state index is 0.0111. The van der Waals surface area contributed by atoms with Crippen LogP contribution >= 0.6 is 15.9 Å². The van der Waals surface area contributed by atoms with Crippen molar-refractivity contribution in [1.29, 1.82) is 0 Å². The van der Waals surface area contributed by atoms with E-state index in [0.717, 1.165) is 12.8 Å². The fourth-order valence-corrected chi connectivity index (χ4v) is 8.80. The van der Waals surface area contributed by atoms with Gasteiger partial charge in [0.2, 0.25) is 5.91 Å². The van der Waals surface area contributed by atoms with Gasteiger partial charge in [-0.1, -0.05) is 50.0 Å². The number of benzene rings is 1. The van der Waals surface area contributed by atoms with Crippen LogP contribution in [0.15, 0.2) is 33.6 Å². The standard InChI is InChI=1S/C33H44BrNO9S/c1-6-21-16-33(21,31(39)42-5)17-28(36)27-14-24(44-45(40,41)25-9-7-22(34)8-10-25)18-35(27)30(38)26(32(2,3)4)15-29(37)43-23-12-19-11-20(19)13-23/h7-10,19-21,23-24,26-27H,6,11-18H2,1-5H3/t19-,20+,21?,23?,24-,26+,27-,33+/m0/s1. The maximum Gasteiger partial charge on any atom is 0.312 e. The van der Waals surface area contributed by atoms with Crippen molar-refractivity contribution >= 4 is 49.7 Å². The number of nitrogens with zero attached hydrogens (tertiary/aromatic N) is 1. The van der Waals surface area contributed by atoms with E-state index in [9.17, 15) is 27.6 Å². The summed E-state index contributed by atoms with van der Waals surface area (Å²) in [6, 6.07) is 4.96. The van der Waals surface area contributed by atoms with Gasteiger partial charge in [-0.2, -0.15) is 8.42 Å². The van der Waals surface area contributed by atoms with E-state index < -0.39 is 56.9 Å². The highest BCUT2D eigenvalue weighted by atomic mass is 79.9. The number of esters is 2. The Balaban J connectivity index is 1.37. The summed E-state index contributed by atoms with van der Waals surface area (Å²) < 4.78 is 43.5. The lowest BCUT2D eigenvalue weighted by atomic mass is 9.77. The van der Waals surface area contributed by atoms with Crippen LogP contribution in [0, 0.1) is 34.5 Å². The van der Waals surface area contributed by atoms with Crippen molar-refractivity contribution in [2.24, 2.45) is 34.5 Å². The van der Waals surface area contributed by atoms with E-state index >= 15 is 0 Å². The van der Waals surface area contributed by atoms with Crippen LogP contribution in [0.4, 0.5) is 0 Å². The molecule has 1 amide bonds. The molecule has 12 heteroatoms. The zero-order chi connectivity index (χ0) is 32.9. The molecule has 4 fully saturated rings. The molecule has 1 aromatic rings. The lowest BCUT2D eigenvalue weighted by Gasteiger charge is -2.35. The maximum absolute atomic E-state index is 14.3. The van der Waals surface area contributed by atoms with Crippen molar-refractivity contribution in [2.45, 2.75) is 102 Å². The zero-order valence-corrected chi connectivity index (χ0v) is 29.0. The highest BCUT2D eigenvalue weighted by Gasteiger charge is 2.62. The molecule has 8 atom stereocenters. The van der Waals surface area contributed by atoms with Gasteiger partial charge in [-0.15, -0.1) is 0 Å². The van der Waals surface area contributed by atoms with Gasteiger partial charge in [0.1, 0.15) is 6.10 Å². The van der Waals surface area contributed by atoms with Crippen LogP contribution < -0.4 is 0 Å². The first kappa shape index (κ1) is 34.0. The van der Waals surface area contributed by atoms with Crippen LogP contribution in [-0.4, -0.2) is 68.9 Å². The number of halogens is 1. The minimum Gasteiger partial charge on any atom is -0.469 e. The molecule has 1 aliphatic heterocycles. The van der Waals surface area contributed by atoms with Crippen molar-refractivity contribution < 1.29 is 41.3 Å². The summed E-state index contributed by atoms with van der Waals surface area (Å²) in [5.41, 5.74) is -1.62. The van der Waals surface area contributed by atoms with Crippen molar-refractivity contribution in [3.05, 3.63) is 28.7 Å². The highest BCUT2D eigenvalue weighted by molar-refractivity contribution is 9.10. The average molecular weight is 711 g/mol. The van der Waals surface area contributed by atoms with Crippen molar-refractivity contribution in [1.82, 2.24) is 4.90 Å². The topological polar surface area (TPSA) is 133 Å². The number of ether oxygens (including phenoxy) is 2. The van der Waals surface area contributed by atoms with E-state index in [-0.39, 0.29) is 48.5 Å². The summed E-state index contributed by atoms with van der Waals surface area (Å²) >= 11 is 3.29. The Morgan fingerprint density at radius 3 is 2.22 bits per heavy atom. The van der Waals surface area contributed by atoms with Gasteiger partial charge in [-0.05, 0) is 73.1 Å². The molecule has 1 saturated heterocycles. The van der Waals surface area contributed by atoms with E-state index in [1.54, 1.807) is 12.1 Å². The van der Waals surface area contributed by atoms with E-state index in [4.69, 9.17) is 13.7 Å². The summed E-state index contributed by atoms with van der Waals surface area (Å²) in [4.78, 5) is 55.5. The number of Topliss-reactive ketones (excluding diaryl/α,β-unsaturated/α-hetero) is 1. The Labute approximate surface area is 274 Å². The molecule has 0 aromatic heterocycles. The normalized spacial score (nSPS) is 31.2. The van der Waals surface area contributed by atoms with E-state index in [1.807, 2.05) is 27.7 Å². The first-order valence-electron chi connectivity index (χ1n) is 15.9. The third-order valence-corrected chi connectivity index (χ3v) is 12.2. The third kappa shape index (κ3) is 7.32. The predicted molar refractivity (Wildman–Crippen MR) is 167 cm³/mol. The Morgan fingerprint density at radius 1 is 1.02 bits per heavy atom. The van der Waals surface area contributed by atoms with Gasteiger partial charge in [-0.25, -0.2) is 0 Å². The molecule has 0 spiro atoms. The molecule has 0 bridgehead atoms. The van der Waals surface area contributed by atoms with Gasteiger partial charge in [0, 0.05) is 23.9 Å². The van der Waals surface area contributed by atoms with Crippen molar-refractivity contribution in [3.63, 3.8) is 0 Å². The Bertz CT molecular complexity index is 1430. The second kappa shape index (κ2) is 12.7. The first-order valence-corrected chi connectivity index (χ1v) is 18.1. The smallest absolute Gasteiger partial charge is 0.312 e. The lowest BCUT2D eigenvalue weighted by molar-refractivity contribution is -0.157. The van der Waals surface area contributed by atoms with Crippen molar-refractivity contribution in [3.8, 4) is 0 Å². The number of rotatable bonds is 12. The molecule has 0 radical (unpaired) electrons. The molecule has 3 aliphatic carbocycles. The number of carbonyl (C=O) groups excluding carboxylic acids is 4. The van der Waals surface area contributed by atoms with Gasteiger partial charge in [0.25, 0.3) is 10.1 Å². The summed E-state index contributed by atoms with van der Waals surface area (Å²) in [6.45, 7) is 7.36. The molecule has 248 valence electrons. The van der Waals surface area contributed by atoms with Crippen LogP contribution in [0.3, 0.4) is 0 Å². The first-order chi connectivity index (χ1) is 21.1. The Kier molecular flexibility index (Phi) is 9.61. The van der Waals surface area contributed by atoms with E-state index in [1.165, 1.54) is 30.6 Å². The van der Waals surface area contributed by atoms with Gasteiger partial charge in [0.05, 0.1) is 41.9 Å². The summed E-state index contributed by atoms with van der Waals surface area (Å²) in [6.07, 6.45) is 2.68. The zero-order valence-electron chi connectivity index (χ0n) is 26.6.